The third-order valence-corrected chi connectivity index (χ3v) is 13.7. The van der Waals surface area contributed by atoms with Gasteiger partial charge >= 0.3 is 0 Å². The zero-order chi connectivity index (χ0) is 40.8. The zero-order valence-corrected chi connectivity index (χ0v) is 34.0. The Morgan fingerprint density at radius 1 is 0.371 bits per heavy atom. The molecule has 3 nitrogen and oxygen atoms in total. The molecule has 0 saturated carbocycles. The summed E-state index contributed by atoms with van der Waals surface area (Å²) < 4.78 is 0. The molecule has 0 bridgehead atoms. The van der Waals surface area contributed by atoms with Gasteiger partial charge in [0.1, 0.15) is 6.17 Å². The predicted molar refractivity (Wildman–Crippen MR) is 253 cm³/mol. The van der Waals surface area contributed by atoms with Gasteiger partial charge in [-0.1, -0.05) is 200 Å². The third-order valence-electron chi connectivity index (χ3n) is 13.7. The van der Waals surface area contributed by atoms with Gasteiger partial charge in [-0.25, -0.2) is 0 Å². The molecule has 0 N–H and O–H groups in total. The Labute approximate surface area is 362 Å². The molecule has 1 spiro atoms. The fraction of sp³-hybridized carbons (Fsp3) is 0.0508. The van der Waals surface area contributed by atoms with Gasteiger partial charge in [-0.2, -0.15) is 5.01 Å². The van der Waals surface area contributed by atoms with E-state index in [9.17, 15) is 0 Å². The van der Waals surface area contributed by atoms with Crippen LogP contribution in [0.4, 0.5) is 17.1 Å². The van der Waals surface area contributed by atoms with Gasteiger partial charge in [0.15, 0.2) is 0 Å². The van der Waals surface area contributed by atoms with Crippen molar-refractivity contribution >= 4 is 22.8 Å². The Bertz CT molecular complexity index is 3180. The number of para-hydroxylation sites is 3. The van der Waals surface area contributed by atoms with Crippen molar-refractivity contribution in [3.05, 3.63) is 276 Å². The highest BCUT2D eigenvalue weighted by Crippen LogP contribution is 2.64. The fourth-order valence-corrected chi connectivity index (χ4v) is 11.1. The maximum absolute atomic E-state index is 2.55. The minimum atomic E-state index is -0.522. The van der Waals surface area contributed by atoms with Crippen LogP contribution in [-0.4, -0.2) is 10.0 Å². The van der Waals surface area contributed by atoms with Gasteiger partial charge in [0.05, 0.1) is 28.5 Å². The molecule has 1 fully saturated rings. The van der Waals surface area contributed by atoms with Gasteiger partial charge in [0, 0.05) is 11.3 Å². The van der Waals surface area contributed by atoms with Crippen LogP contribution in [0.25, 0.3) is 39.1 Å². The SMILES string of the molecule is C1=C(c2ccccc2)N2C(c3ccccc3-c3ccccc3-c3ccc4c(c3)C3(c5ccccc5-4)c4ccccc4N(c4ccccc4)c4ccccc43)N2C1c1ccccc1. The Kier molecular flexibility index (Phi) is 7.72. The van der Waals surface area contributed by atoms with E-state index in [0.717, 1.165) is 5.69 Å². The maximum Gasteiger partial charge on any atom is 0.142 e. The van der Waals surface area contributed by atoms with Crippen molar-refractivity contribution in [2.75, 3.05) is 4.90 Å². The Morgan fingerprint density at radius 2 is 0.903 bits per heavy atom. The van der Waals surface area contributed by atoms with Crippen LogP contribution < -0.4 is 4.90 Å². The van der Waals surface area contributed by atoms with Crippen molar-refractivity contribution in [2.45, 2.75) is 17.6 Å². The van der Waals surface area contributed by atoms with Gasteiger partial charge in [0.25, 0.3) is 0 Å². The Hall–Kier alpha value is -7.72. The molecular formula is C59H41N3. The lowest BCUT2D eigenvalue weighted by Gasteiger charge is -2.45. The van der Waals surface area contributed by atoms with Crippen molar-refractivity contribution in [1.29, 1.82) is 0 Å². The third kappa shape index (κ3) is 4.97. The number of hydrogen-bond donors (Lipinski definition) is 0. The number of hydrogen-bond acceptors (Lipinski definition) is 3. The lowest BCUT2D eigenvalue weighted by Crippen LogP contribution is -2.36. The fourth-order valence-electron chi connectivity index (χ4n) is 11.1. The molecule has 1 saturated heterocycles. The van der Waals surface area contributed by atoms with E-state index in [0.29, 0.717) is 0 Å². The molecule has 0 aromatic heterocycles. The molecule has 0 amide bonds. The van der Waals surface area contributed by atoms with E-state index in [1.165, 1.54) is 89.4 Å². The normalized spacial score (nSPS) is 18.3. The first-order valence-corrected chi connectivity index (χ1v) is 21.7. The molecule has 3 heterocycles. The molecule has 3 unspecified atom stereocenters. The molecule has 13 rings (SSSR count). The lowest BCUT2D eigenvalue weighted by molar-refractivity contribution is 0.365. The molecule has 0 radical (unpaired) electrons. The first-order chi connectivity index (χ1) is 30.8. The van der Waals surface area contributed by atoms with Crippen molar-refractivity contribution in [3.63, 3.8) is 0 Å². The average molecular weight is 792 g/mol. The molecule has 3 atom stereocenters. The van der Waals surface area contributed by atoms with Crippen LogP contribution in [0.3, 0.4) is 0 Å². The topological polar surface area (TPSA) is 9.26 Å². The van der Waals surface area contributed by atoms with E-state index in [2.05, 4.69) is 252 Å². The second-order valence-electron chi connectivity index (χ2n) is 16.8. The van der Waals surface area contributed by atoms with E-state index in [1.807, 2.05) is 0 Å². The summed E-state index contributed by atoms with van der Waals surface area (Å²) in [6.07, 6.45) is 2.53. The second-order valence-corrected chi connectivity index (χ2v) is 16.8. The summed E-state index contributed by atoms with van der Waals surface area (Å²) in [7, 11) is 0. The van der Waals surface area contributed by atoms with Crippen LogP contribution in [0.5, 0.6) is 0 Å². The highest BCUT2D eigenvalue weighted by atomic mass is 15.9. The largest absolute Gasteiger partial charge is 0.310 e. The number of fused-ring (bicyclic) bond motifs is 10. The predicted octanol–water partition coefficient (Wildman–Crippen LogP) is 14.5. The quantitative estimate of drug-likeness (QED) is 0.155. The molecule has 62 heavy (non-hydrogen) atoms. The summed E-state index contributed by atoms with van der Waals surface area (Å²) >= 11 is 0. The van der Waals surface area contributed by atoms with Crippen molar-refractivity contribution in [2.24, 2.45) is 0 Å². The minimum Gasteiger partial charge on any atom is -0.310 e. The molecule has 9 aromatic rings. The van der Waals surface area contributed by atoms with E-state index >= 15 is 0 Å². The molecule has 1 aliphatic carbocycles. The van der Waals surface area contributed by atoms with Crippen LogP contribution in [0, 0.1) is 0 Å². The van der Waals surface area contributed by atoms with Gasteiger partial charge in [-0.15, -0.1) is 0 Å². The van der Waals surface area contributed by atoms with Gasteiger partial charge in [0.2, 0.25) is 0 Å². The van der Waals surface area contributed by atoms with Crippen LogP contribution >= 0.6 is 0 Å². The maximum atomic E-state index is 2.55. The van der Waals surface area contributed by atoms with Crippen LogP contribution in [-0.2, 0) is 5.41 Å². The summed E-state index contributed by atoms with van der Waals surface area (Å²) in [4.78, 5) is 2.45. The lowest BCUT2D eigenvalue weighted by atomic mass is 9.64. The number of benzene rings is 9. The molecule has 292 valence electrons. The van der Waals surface area contributed by atoms with Crippen molar-refractivity contribution in [1.82, 2.24) is 10.0 Å². The summed E-state index contributed by atoms with van der Waals surface area (Å²) in [6, 6.07) is 85.3. The first kappa shape index (κ1) is 35.1. The smallest absolute Gasteiger partial charge is 0.142 e. The number of rotatable bonds is 6. The van der Waals surface area contributed by atoms with Crippen molar-refractivity contribution < 1.29 is 0 Å². The number of nitrogens with zero attached hydrogens (tertiary/aromatic N) is 3. The zero-order valence-electron chi connectivity index (χ0n) is 34.0. The van der Waals surface area contributed by atoms with E-state index in [4.69, 9.17) is 0 Å². The highest BCUT2D eigenvalue weighted by molar-refractivity contribution is 5.97. The standard InChI is InChI=1S/C59H41N3/c1-4-20-40(21-5-1)56-39-57(41-22-6-2-7-23-41)62-58(61(56)62)49-30-13-12-28-46(49)45-27-11-10-26-44(45)42-36-37-48-47-29-14-15-31-50(47)59(53(48)38-42)51-32-16-18-34-54(51)60(43-24-8-3-9-25-43)55-35-19-17-33-52(55)59/h1-39,56,58H. The van der Waals surface area contributed by atoms with E-state index in [-0.39, 0.29) is 12.2 Å². The van der Waals surface area contributed by atoms with Crippen LogP contribution in [0.15, 0.2) is 237 Å². The summed E-state index contributed by atoms with van der Waals surface area (Å²) in [5.74, 6) is 0. The molecule has 3 heteroatoms. The van der Waals surface area contributed by atoms with Crippen LogP contribution in [0.1, 0.15) is 51.2 Å². The van der Waals surface area contributed by atoms with Crippen molar-refractivity contribution in [3.8, 4) is 33.4 Å². The second kappa shape index (κ2) is 13.7. The number of anilines is 3. The first-order valence-electron chi connectivity index (χ1n) is 21.7. The minimum absolute atomic E-state index is 0.102. The van der Waals surface area contributed by atoms with Crippen LogP contribution in [0.2, 0.25) is 0 Å². The summed E-state index contributed by atoms with van der Waals surface area (Å²) in [5.41, 5.74) is 20.9. The monoisotopic (exact) mass is 791 g/mol. The van der Waals surface area contributed by atoms with Gasteiger partial charge in [-0.3, -0.25) is 5.01 Å². The van der Waals surface area contributed by atoms with Gasteiger partial charge in [-0.05, 0) is 103 Å². The summed E-state index contributed by atoms with van der Waals surface area (Å²) in [6.45, 7) is 0. The average Bonchev–Trinajstić information content (AvgIpc) is 3.83. The Balaban J connectivity index is 0.981. The Morgan fingerprint density at radius 3 is 1.61 bits per heavy atom. The van der Waals surface area contributed by atoms with E-state index in [1.54, 1.807) is 0 Å². The van der Waals surface area contributed by atoms with E-state index < -0.39 is 5.41 Å². The molecular weight excluding hydrogens is 751 g/mol. The molecule has 9 aromatic carbocycles. The summed E-state index contributed by atoms with van der Waals surface area (Å²) in [5, 5.41) is 5.05. The molecule has 3 aliphatic heterocycles. The molecule has 4 aliphatic rings. The van der Waals surface area contributed by atoms with Gasteiger partial charge < -0.3 is 4.90 Å². The number of hydrazine groups is 1. The highest BCUT2D eigenvalue weighted by Gasteiger charge is 2.57.